The number of hydrogen-bond acceptors (Lipinski definition) is 5. The number of pyridine rings is 1. The number of carbonyl (C=O) groups excluding carboxylic acids is 2. The SMILES string of the molecule is Cc1ncc(Cl)cc1NC(C)c1ccc(C(=O)NC(CC2CCCC2)C(=O)N[C@H]2CC2(F)F)s1. The molecule has 2 unspecified atom stereocenters. The van der Waals surface area contributed by atoms with Crippen molar-refractivity contribution in [1.82, 2.24) is 15.6 Å². The molecule has 2 amide bonds. The molecule has 6 nitrogen and oxygen atoms in total. The number of carbonyl (C=O) groups is 2. The van der Waals surface area contributed by atoms with Gasteiger partial charge >= 0.3 is 0 Å². The van der Waals surface area contributed by atoms with Crippen molar-refractivity contribution in [2.24, 2.45) is 5.92 Å². The smallest absolute Gasteiger partial charge is 0.270 e. The summed E-state index contributed by atoms with van der Waals surface area (Å²) in [4.78, 5) is 31.3. The van der Waals surface area contributed by atoms with E-state index < -0.39 is 23.9 Å². The van der Waals surface area contributed by atoms with Gasteiger partial charge in [-0.05, 0) is 44.4 Å². The van der Waals surface area contributed by atoms with E-state index in [1.165, 1.54) is 11.3 Å². The number of alkyl halides is 2. The maximum absolute atomic E-state index is 13.3. The Kier molecular flexibility index (Phi) is 7.42. The van der Waals surface area contributed by atoms with E-state index >= 15 is 0 Å². The van der Waals surface area contributed by atoms with Gasteiger partial charge in [-0.2, -0.15) is 0 Å². The van der Waals surface area contributed by atoms with E-state index in [4.69, 9.17) is 11.6 Å². The molecule has 2 aromatic heterocycles. The Balaban J connectivity index is 1.40. The molecule has 0 spiro atoms. The second kappa shape index (κ2) is 10.2. The Morgan fingerprint density at radius 2 is 2.00 bits per heavy atom. The summed E-state index contributed by atoms with van der Waals surface area (Å²) in [6.45, 7) is 3.85. The zero-order valence-electron chi connectivity index (χ0n) is 19.2. The number of nitrogens with zero attached hydrogens (tertiary/aromatic N) is 1. The van der Waals surface area contributed by atoms with Crippen LogP contribution in [0.4, 0.5) is 14.5 Å². The van der Waals surface area contributed by atoms with Crippen molar-refractivity contribution in [3.63, 3.8) is 0 Å². The molecule has 0 aliphatic heterocycles. The number of hydrogen-bond donors (Lipinski definition) is 3. The van der Waals surface area contributed by atoms with Crippen molar-refractivity contribution >= 4 is 40.4 Å². The quantitative estimate of drug-likeness (QED) is 0.417. The van der Waals surface area contributed by atoms with Gasteiger partial charge in [-0.25, -0.2) is 8.78 Å². The van der Waals surface area contributed by atoms with Gasteiger partial charge in [-0.1, -0.05) is 37.3 Å². The van der Waals surface area contributed by atoms with E-state index in [2.05, 4.69) is 20.9 Å². The Morgan fingerprint density at radius 3 is 2.68 bits per heavy atom. The van der Waals surface area contributed by atoms with Crippen LogP contribution in [-0.2, 0) is 4.79 Å². The topological polar surface area (TPSA) is 83.1 Å². The van der Waals surface area contributed by atoms with Gasteiger partial charge in [0.2, 0.25) is 5.91 Å². The van der Waals surface area contributed by atoms with Crippen LogP contribution in [0, 0.1) is 12.8 Å². The van der Waals surface area contributed by atoms with Crippen LogP contribution < -0.4 is 16.0 Å². The Hall–Kier alpha value is -2.26. The lowest BCUT2D eigenvalue weighted by molar-refractivity contribution is -0.124. The van der Waals surface area contributed by atoms with Crippen LogP contribution in [0.5, 0.6) is 0 Å². The number of rotatable bonds is 9. The molecule has 2 heterocycles. The number of aryl methyl sites for hydroxylation is 1. The summed E-state index contributed by atoms with van der Waals surface area (Å²) in [5, 5.41) is 9.10. The van der Waals surface area contributed by atoms with Gasteiger partial charge in [-0.3, -0.25) is 14.6 Å². The Labute approximate surface area is 206 Å². The first-order valence-electron chi connectivity index (χ1n) is 11.6. The fraction of sp³-hybridized carbons (Fsp3) is 0.542. The van der Waals surface area contributed by atoms with E-state index in [0.29, 0.717) is 22.2 Å². The lowest BCUT2D eigenvalue weighted by Gasteiger charge is -2.21. The maximum Gasteiger partial charge on any atom is 0.270 e. The molecule has 2 saturated carbocycles. The normalized spacial score (nSPS) is 21.0. The minimum absolute atomic E-state index is 0.0970. The molecule has 2 fully saturated rings. The largest absolute Gasteiger partial charge is 0.376 e. The monoisotopic (exact) mass is 510 g/mol. The van der Waals surface area contributed by atoms with Gasteiger partial charge in [0.1, 0.15) is 6.04 Å². The first-order valence-corrected chi connectivity index (χ1v) is 12.8. The Bertz CT molecular complexity index is 1060. The van der Waals surface area contributed by atoms with Crippen LogP contribution in [0.15, 0.2) is 24.4 Å². The highest BCUT2D eigenvalue weighted by Gasteiger charge is 2.58. The summed E-state index contributed by atoms with van der Waals surface area (Å²) in [5.41, 5.74) is 1.62. The summed E-state index contributed by atoms with van der Waals surface area (Å²) >= 11 is 7.37. The predicted molar refractivity (Wildman–Crippen MR) is 130 cm³/mol. The summed E-state index contributed by atoms with van der Waals surface area (Å²) in [6.07, 6.45) is 5.87. The van der Waals surface area contributed by atoms with Gasteiger partial charge in [0.05, 0.1) is 33.4 Å². The number of thiophene rings is 1. The third kappa shape index (κ3) is 6.05. The molecular weight excluding hydrogens is 482 g/mol. The zero-order valence-corrected chi connectivity index (χ0v) is 20.7. The average Bonchev–Trinajstić information content (AvgIpc) is 3.22. The molecule has 0 bridgehead atoms. The molecule has 0 radical (unpaired) electrons. The van der Waals surface area contributed by atoms with E-state index in [9.17, 15) is 18.4 Å². The van der Waals surface area contributed by atoms with Crippen molar-refractivity contribution in [1.29, 1.82) is 0 Å². The van der Waals surface area contributed by atoms with Crippen molar-refractivity contribution in [2.45, 2.75) is 76.4 Å². The van der Waals surface area contributed by atoms with E-state index in [0.717, 1.165) is 41.9 Å². The third-order valence-corrected chi connectivity index (χ3v) is 7.98. The minimum Gasteiger partial charge on any atom is -0.376 e. The highest BCUT2D eigenvalue weighted by atomic mass is 35.5. The first kappa shape index (κ1) is 24.9. The van der Waals surface area contributed by atoms with Gasteiger partial charge in [0, 0.05) is 17.5 Å². The lowest BCUT2D eigenvalue weighted by Crippen LogP contribution is -2.48. The molecule has 34 heavy (non-hydrogen) atoms. The second-order valence-corrected chi connectivity index (χ2v) is 10.8. The summed E-state index contributed by atoms with van der Waals surface area (Å²) in [6, 6.07) is 3.33. The number of halogens is 3. The van der Waals surface area contributed by atoms with Crippen LogP contribution >= 0.6 is 22.9 Å². The Morgan fingerprint density at radius 1 is 1.29 bits per heavy atom. The molecule has 2 aromatic rings. The summed E-state index contributed by atoms with van der Waals surface area (Å²) < 4.78 is 26.6. The first-order chi connectivity index (χ1) is 16.1. The molecule has 3 N–H and O–H groups in total. The molecular formula is C24H29ClF2N4O2S. The fourth-order valence-corrected chi connectivity index (χ4v) is 5.42. The standard InChI is InChI=1S/C24H29ClF2N4O2S/c1-13-17(10-16(25)12-28-13)29-14(2)19-7-8-20(34-19)23(33)30-18(9-15-5-3-4-6-15)22(32)31-21-11-24(21,26)27/h7-8,10,12,14-15,18,21,29H,3-6,9,11H2,1-2H3,(H,30,33)(H,31,32)/t14?,18?,21-/m0/s1. The molecule has 4 rings (SSSR count). The number of amides is 2. The molecule has 2 aliphatic rings. The molecule has 10 heteroatoms. The van der Waals surface area contributed by atoms with Crippen molar-refractivity contribution in [3.8, 4) is 0 Å². The molecule has 3 atom stereocenters. The number of anilines is 1. The van der Waals surface area contributed by atoms with Crippen molar-refractivity contribution in [2.75, 3.05) is 5.32 Å². The van der Waals surface area contributed by atoms with Gasteiger partial charge < -0.3 is 16.0 Å². The van der Waals surface area contributed by atoms with Crippen LogP contribution in [0.1, 0.15) is 71.7 Å². The highest BCUT2D eigenvalue weighted by molar-refractivity contribution is 7.14. The van der Waals surface area contributed by atoms with Crippen LogP contribution in [-0.4, -0.2) is 34.8 Å². The van der Waals surface area contributed by atoms with Gasteiger partial charge in [0.25, 0.3) is 11.8 Å². The second-order valence-electron chi connectivity index (χ2n) is 9.29. The summed E-state index contributed by atoms with van der Waals surface area (Å²) in [5.74, 6) is -3.43. The molecule has 0 aromatic carbocycles. The minimum atomic E-state index is -2.85. The van der Waals surface area contributed by atoms with E-state index in [1.54, 1.807) is 18.3 Å². The molecule has 184 valence electrons. The van der Waals surface area contributed by atoms with Crippen LogP contribution in [0.2, 0.25) is 5.02 Å². The van der Waals surface area contributed by atoms with E-state index in [-0.39, 0.29) is 18.4 Å². The summed E-state index contributed by atoms with van der Waals surface area (Å²) in [7, 11) is 0. The number of nitrogens with one attached hydrogen (secondary N) is 3. The predicted octanol–water partition coefficient (Wildman–Crippen LogP) is 5.48. The van der Waals surface area contributed by atoms with Gasteiger partial charge in [-0.15, -0.1) is 11.3 Å². The van der Waals surface area contributed by atoms with Crippen LogP contribution in [0.3, 0.4) is 0 Å². The molecule has 0 saturated heterocycles. The van der Waals surface area contributed by atoms with E-state index in [1.807, 2.05) is 19.9 Å². The van der Waals surface area contributed by atoms with Gasteiger partial charge in [0.15, 0.2) is 0 Å². The number of aromatic nitrogens is 1. The zero-order chi connectivity index (χ0) is 24.5. The lowest BCUT2D eigenvalue weighted by atomic mass is 9.97. The molecule has 2 aliphatic carbocycles. The van der Waals surface area contributed by atoms with Crippen molar-refractivity contribution < 1.29 is 18.4 Å². The van der Waals surface area contributed by atoms with Crippen molar-refractivity contribution in [3.05, 3.63) is 44.9 Å². The maximum atomic E-state index is 13.3. The average molecular weight is 511 g/mol. The third-order valence-electron chi connectivity index (χ3n) is 6.51. The van der Waals surface area contributed by atoms with Crippen LogP contribution in [0.25, 0.3) is 0 Å². The fourth-order valence-electron chi connectivity index (χ4n) is 4.35. The highest BCUT2D eigenvalue weighted by Crippen LogP contribution is 2.41.